The minimum atomic E-state index is -0.574. The number of hydrogen-bond acceptors (Lipinski definition) is 7. The fraction of sp³-hybridized carbons (Fsp3) is 0.190. The number of rotatable bonds is 6. The molecule has 8 nitrogen and oxygen atoms in total. The standard InChI is InChI=1S/C21H20N2O6S/c1-12-4-6-14(7-5-12)22-18(24)11-23-20(26)17(30-21(23)27)10-13-8-15(28-2)19(25)16(9-13)29-3/h4-10,25H,11H2,1-3H3,(H,22,24). The first-order valence-electron chi connectivity index (χ1n) is 8.89. The first-order valence-corrected chi connectivity index (χ1v) is 9.71. The molecule has 2 aromatic rings. The fourth-order valence-corrected chi connectivity index (χ4v) is 3.60. The van der Waals surface area contributed by atoms with Crippen LogP contribution in [0.5, 0.6) is 17.2 Å². The highest BCUT2D eigenvalue weighted by atomic mass is 32.2. The first-order chi connectivity index (χ1) is 14.3. The Morgan fingerprint density at radius 2 is 1.73 bits per heavy atom. The van der Waals surface area contributed by atoms with Crippen molar-refractivity contribution in [2.45, 2.75) is 6.92 Å². The Kier molecular flexibility index (Phi) is 6.31. The van der Waals surface area contributed by atoms with Gasteiger partial charge in [0.05, 0.1) is 19.1 Å². The number of thioether (sulfide) groups is 1. The van der Waals surface area contributed by atoms with Crippen LogP contribution in [0.25, 0.3) is 6.08 Å². The average Bonchev–Trinajstić information content (AvgIpc) is 2.98. The molecule has 0 atom stereocenters. The van der Waals surface area contributed by atoms with E-state index >= 15 is 0 Å². The van der Waals surface area contributed by atoms with Gasteiger partial charge in [-0.3, -0.25) is 19.3 Å². The molecule has 3 rings (SSSR count). The largest absolute Gasteiger partial charge is 0.502 e. The molecule has 30 heavy (non-hydrogen) atoms. The number of nitrogens with one attached hydrogen (secondary N) is 1. The fourth-order valence-electron chi connectivity index (χ4n) is 2.77. The van der Waals surface area contributed by atoms with E-state index in [1.165, 1.54) is 32.4 Å². The van der Waals surface area contributed by atoms with Crippen molar-refractivity contribution in [1.82, 2.24) is 4.90 Å². The molecule has 1 saturated heterocycles. The molecule has 0 aromatic heterocycles. The molecule has 2 N–H and O–H groups in total. The number of hydrogen-bond donors (Lipinski definition) is 2. The lowest BCUT2D eigenvalue weighted by Gasteiger charge is -2.12. The summed E-state index contributed by atoms with van der Waals surface area (Å²) in [5.41, 5.74) is 2.12. The Bertz CT molecular complexity index is 1010. The third-order valence-corrected chi connectivity index (χ3v) is 5.22. The molecule has 0 bridgehead atoms. The Hall–Kier alpha value is -3.46. The smallest absolute Gasteiger partial charge is 0.294 e. The summed E-state index contributed by atoms with van der Waals surface area (Å²) in [6.07, 6.45) is 1.48. The summed E-state index contributed by atoms with van der Waals surface area (Å²) in [6.45, 7) is 1.54. The molecule has 0 radical (unpaired) electrons. The Labute approximate surface area is 177 Å². The molecule has 156 valence electrons. The zero-order chi connectivity index (χ0) is 21.8. The number of anilines is 1. The highest BCUT2D eigenvalue weighted by Crippen LogP contribution is 2.39. The summed E-state index contributed by atoms with van der Waals surface area (Å²) in [5.74, 6) is -0.891. The highest BCUT2D eigenvalue weighted by Gasteiger charge is 2.36. The molecule has 1 aliphatic rings. The molecule has 1 fully saturated rings. The van der Waals surface area contributed by atoms with Gasteiger partial charge in [-0.25, -0.2) is 0 Å². The van der Waals surface area contributed by atoms with E-state index in [0.29, 0.717) is 11.3 Å². The van der Waals surface area contributed by atoms with Gasteiger partial charge < -0.3 is 19.9 Å². The van der Waals surface area contributed by atoms with E-state index in [2.05, 4.69) is 5.32 Å². The van der Waals surface area contributed by atoms with Crippen molar-refractivity contribution in [3.8, 4) is 17.2 Å². The van der Waals surface area contributed by atoms with E-state index in [9.17, 15) is 19.5 Å². The number of benzene rings is 2. The summed E-state index contributed by atoms with van der Waals surface area (Å²) in [6, 6.07) is 10.2. The maximum Gasteiger partial charge on any atom is 0.294 e. The lowest BCUT2D eigenvalue weighted by molar-refractivity contribution is -0.127. The maximum atomic E-state index is 12.7. The van der Waals surface area contributed by atoms with Crippen molar-refractivity contribution in [3.05, 3.63) is 52.4 Å². The number of aromatic hydroxyl groups is 1. The maximum absolute atomic E-state index is 12.7. The highest BCUT2D eigenvalue weighted by molar-refractivity contribution is 8.18. The summed E-state index contributed by atoms with van der Waals surface area (Å²) in [4.78, 5) is 38.2. The molecule has 0 spiro atoms. The van der Waals surface area contributed by atoms with Crippen LogP contribution >= 0.6 is 11.8 Å². The number of ether oxygens (including phenoxy) is 2. The van der Waals surface area contributed by atoms with Crippen molar-refractivity contribution >= 4 is 40.6 Å². The van der Waals surface area contributed by atoms with Crippen molar-refractivity contribution in [3.63, 3.8) is 0 Å². The van der Waals surface area contributed by atoms with Gasteiger partial charge in [0.1, 0.15) is 6.54 Å². The van der Waals surface area contributed by atoms with E-state index in [1.54, 1.807) is 12.1 Å². The Morgan fingerprint density at radius 3 is 2.30 bits per heavy atom. The second-order valence-electron chi connectivity index (χ2n) is 6.46. The van der Waals surface area contributed by atoms with Crippen LogP contribution < -0.4 is 14.8 Å². The molecule has 1 heterocycles. The van der Waals surface area contributed by atoms with Crippen molar-refractivity contribution in [2.24, 2.45) is 0 Å². The van der Waals surface area contributed by atoms with Gasteiger partial charge >= 0.3 is 0 Å². The van der Waals surface area contributed by atoms with Gasteiger partial charge in [0.2, 0.25) is 11.7 Å². The third-order valence-electron chi connectivity index (χ3n) is 4.31. The van der Waals surface area contributed by atoms with Crippen molar-refractivity contribution < 1.29 is 29.0 Å². The van der Waals surface area contributed by atoms with Crippen LogP contribution in [0.2, 0.25) is 0 Å². The quantitative estimate of drug-likeness (QED) is 0.680. The molecular formula is C21H20N2O6S. The molecule has 0 saturated carbocycles. The molecule has 1 aliphatic heterocycles. The average molecular weight is 428 g/mol. The van der Waals surface area contributed by atoms with Gasteiger partial charge in [-0.2, -0.15) is 0 Å². The topological polar surface area (TPSA) is 105 Å². The van der Waals surface area contributed by atoms with E-state index in [-0.39, 0.29) is 22.2 Å². The number of phenols is 1. The zero-order valence-electron chi connectivity index (χ0n) is 16.6. The van der Waals surface area contributed by atoms with Gasteiger partial charge in [-0.15, -0.1) is 0 Å². The number of carbonyl (C=O) groups excluding carboxylic acids is 3. The molecule has 2 aromatic carbocycles. The van der Waals surface area contributed by atoms with Crippen LogP contribution in [0.1, 0.15) is 11.1 Å². The minimum Gasteiger partial charge on any atom is -0.502 e. The Morgan fingerprint density at radius 1 is 1.13 bits per heavy atom. The predicted octanol–water partition coefficient (Wildman–Crippen LogP) is 3.39. The molecule has 3 amide bonds. The number of amides is 3. The van der Waals surface area contributed by atoms with Crippen LogP contribution in [0.15, 0.2) is 41.3 Å². The number of carbonyl (C=O) groups is 3. The zero-order valence-corrected chi connectivity index (χ0v) is 17.4. The van der Waals surface area contributed by atoms with Gasteiger partial charge in [0, 0.05) is 5.69 Å². The second-order valence-corrected chi connectivity index (χ2v) is 7.45. The van der Waals surface area contributed by atoms with E-state index in [4.69, 9.17) is 9.47 Å². The van der Waals surface area contributed by atoms with Crippen LogP contribution in [0, 0.1) is 6.92 Å². The lowest BCUT2D eigenvalue weighted by atomic mass is 10.1. The Balaban J connectivity index is 1.75. The molecule has 0 aliphatic carbocycles. The van der Waals surface area contributed by atoms with E-state index < -0.39 is 23.6 Å². The van der Waals surface area contributed by atoms with Gasteiger partial charge in [0.25, 0.3) is 11.1 Å². The molecular weight excluding hydrogens is 408 g/mol. The predicted molar refractivity (Wildman–Crippen MR) is 114 cm³/mol. The molecule has 0 unspecified atom stereocenters. The van der Waals surface area contributed by atoms with Crippen LogP contribution in [-0.2, 0) is 9.59 Å². The van der Waals surface area contributed by atoms with E-state index in [1.807, 2.05) is 19.1 Å². The summed E-state index contributed by atoms with van der Waals surface area (Å²) in [5, 5.41) is 12.1. The van der Waals surface area contributed by atoms with Crippen LogP contribution in [0.3, 0.4) is 0 Å². The number of nitrogens with zero attached hydrogens (tertiary/aromatic N) is 1. The third kappa shape index (κ3) is 4.57. The summed E-state index contributed by atoms with van der Waals surface area (Å²) < 4.78 is 10.2. The summed E-state index contributed by atoms with van der Waals surface area (Å²) in [7, 11) is 2.78. The number of phenolic OH excluding ortho intramolecular Hbond substituents is 1. The number of imide groups is 1. The SMILES string of the molecule is COc1cc(C=C2SC(=O)N(CC(=O)Nc3ccc(C)cc3)C2=O)cc(OC)c1O. The van der Waals surface area contributed by atoms with Crippen LogP contribution in [0.4, 0.5) is 10.5 Å². The van der Waals surface area contributed by atoms with Crippen molar-refractivity contribution in [2.75, 3.05) is 26.1 Å². The monoisotopic (exact) mass is 428 g/mol. The lowest BCUT2D eigenvalue weighted by Crippen LogP contribution is -2.36. The minimum absolute atomic E-state index is 0.151. The van der Waals surface area contributed by atoms with Crippen molar-refractivity contribution in [1.29, 1.82) is 0 Å². The van der Waals surface area contributed by atoms with Crippen LogP contribution in [-0.4, -0.2) is 47.8 Å². The first kappa shape index (κ1) is 21.3. The number of aryl methyl sites for hydroxylation is 1. The summed E-state index contributed by atoms with van der Waals surface area (Å²) >= 11 is 0.732. The molecule has 9 heteroatoms. The van der Waals surface area contributed by atoms with Gasteiger partial charge in [-0.05, 0) is 54.6 Å². The normalized spacial score (nSPS) is 14.9. The van der Waals surface area contributed by atoms with E-state index in [0.717, 1.165) is 22.2 Å². The van der Waals surface area contributed by atoms with Gasteiger partial charge in [0.15, 0.2) is 11.5 Å². The second kappa shape index (κ2) is 8.91. The van der Waals surface area contributed by atoms with Gasteiger partial charge in [-0.1, -0.05) is 17.7 Å². The number of methoxy groups -OCH3 is 2.